The van der Waals surface area contributed by atoms with E-state index in [2.05, 4.69) is 5.32 Å². The maximum absolute atomic E-state index is 11.4. The zero-order chi connectivity index (χ0) is 12.0. The summed E-state index contributed by atoms with van der Waals surface area (Å²) in [5.41, 5.74) is 5.50. The van der Waals surface area contributed by atoms with Gasteiger partial charge < -0.3 is 16.2 Å². The number of carboxylic acids is 1. The van der Waals surface area contributed by atoms with Crippen molar-refractivity contribution in [2.75, 3.05) is 0 Å². The summed E-state index contributed by atoms with van der Waals surface area (Å²) in [6, 6.07) is -1.48. The largest absolute Gasteiger partial charge is 0.480 e. The molecule has 0 aliphatic rings. The Balaban J connectivity index is 4.42. The predicted molar refractivity (Wildman–Crippen MR) is 57.3 cm³/mol. The molecule has 4 N–H and O–H groups in total. The molecule has 1 amide bonds. The van der Waals surface area contributed by atoms with Gasteiger partial charge >= 0.3 is 5.97 Å². The molecule has 88 valence electrons. The summed E-state index contributed by atoms with van der Waals surface area (Å²) >= 11 is 0. The first-order chi connectivity index (χ1) is 6.93. The highest BCUT2D eigenvalue weighted by atomic mass is 16.4. The lowest BCUT2D eigenvalue weighted by Crippen LogP contribution is -2.50. The van der Waals surface area contributed by atoms with Crippen LogP contribution in [0.1, 0.15) is 33.6 Å². The van der Waals surface area contributed by atoms with Gasteiger partial charge in [-0.2, -0.15) is 0 Å². The van der Waals surface area contributed by atoms with E-state index in [-0.39, 0.29) is 5.92 Å². The molecule has 0 spiro atoms. The standard InChI is InChI=1S/C10H20N2O3/c1-4-6(3)8(10(14)15)12-9(13)7(11)5-2/h6-8H,4-5,11H2,1-3H3,(H,12,13)(H,14,15)/t6-,7?,8-/m0/s1. The van der Waals surface area contributed by atoms with Crippen LogP contribution in [0.5, 0.6) is 0 Å². The number of hydrogen-bond acceptors (Lipinski definition) is 3. The van der Waals surface area contributed by atoms with E-state index in [9.17, 15) is 9.59 Å². The fourth-order valence-corrected chi connectivity index (χ4v) is 1.13. The molecule has 0 saturated carbocycles. The zero-order valence-electron chi connectivity index (χ0n) is 9.49. The van der Waals surface area contributed by atoms with Crippen molar-refractivity contribution in [3.05, 3.63) is 0 Å². The molecule has 3 atom stereocenters. The molecule has 0 rings (SSSR count). The van der Waals surface area contributed by atoms with Crippen molar-refractivity contribution in [2.45, 2.75) is 45.7 Å². The summed E-state index contributed by atoms with van der Waals surface area (Å²) in [6.45, 7) is 5.45. The number of nitrogens with one attached hydrogen (secondary N) is 1. The molecule has 15 heavy (non-hydrogen) atoms. The van der Waals surface area contributed by atoms with Crippen molar-refractivity contribution in [1.29, 1.82) is 0 Å². The minimum absolute atomic E-state index is 0.101. The molecular weight excluding hydrogens is 196 g/mol. The van der Waals surface area contributed by atoms with Gasteiger partial charge in [-0.15, -0.1) is 0 Å². The maximum Gasteiger partial charge on any atom is 0.326 e. The molecule has 0 aromatic heterocycles. The molecule has 0 radical (unpaired) electrons. The molecule has 0 aliphatic heterocycles. The quantitative estimate of drug-likeness (QED) is 0.597. The first kappa shape index (κ1) is 13.9. The first-order valence-corrected chi connectivity index (χ1v) is 5.22. The lowest BCUT2D eigenvalue weighted by atomic mass is 9.99. The van der Waals surface area contributed by atoms with Crippen LogP contribution in [-0.2, 0) is 9.59 Å². The first-order valence-electron chi connectivity index (χ1n) is 5.22. The van der Waals surface area contributed by atoms with Crippen LogP contribution in [0.15, 0.2) is 0 Å². The second kappa shape index (κ2) is 6.40. The van der Waals surface area contributed by atoms with Gasteiger partial charge in [-0.1, -0.05) is 27.2 Å². The van der Waals surface area contributed by atoms with Crippen LogP contribution in [0.25, 0.3) is 0 Å². The summed E-state index contributed by atoms with van der Waals surface area (Å²) < 4.78 is 0. The number of carboxylic acid groups (broad SMARTS) is 1. The van der Waals surface area contributed by atoms with E-state index in [1.807, 2.05) is 6.92 Å². The molecule has 0 bridgehead atoms. The Morgan fingerprint density at radius 1 is 1.33 bits per heavy atom. The molecule has 5 heteroatoms. The Kier molecular flexibility index (Phi) is 5.93. The van der Waals surface area contributed by atoms with Crippen LogP contribution in [0.2, 0.25) is 0 Å². The summed E-state index contributed by atoms with van der Waals surface area (Å²) in [4.78, 5) is 22.3. The van der Waals surface area contributed by atoms with Gasteiger partial charge in [0.05, 0.1) is 6.04 Å². The Bertz CT molecular complexity index is 231. The second-order valence-corrected chi connectivity index (χ2v) is 3.72. The molecule has 5 nitrogen and oxygen atoms in total. The van der Waals surface area contributed by atoms with E-state index in [1.165, 1.54) is 0 Å². The Morgan fingerprint density at radius 3 is 2.20 bits per heavy atom. The van der Waals surface area contributed by atoms with Crippen molar-refractivity contribution >= 4 is 11.9 Å². The van der Waals surface area contributed by atoms with Crippen LogP contribution < -0.4 is 11.1 Å². The van der Waals surface area contributed by atoms with Crippen molar-refractivity contribution < 1.29 is 14.7 Å². The van der Waals surface area contributed by atoms with E-state index in [0.29, 0.717) is 12.8 Å². The van der Waals surface area contributed by atoms with E-state index in [1.54, 1.807) is 13.8 Å². The lowest BCUT2D eigenvalue weighted by molar-refractivity contribution is -0.143. The van der Waals surface area contributed by atoms with E-state index >= 15 is 0 Å². The monoisotopic (exact) mass is 216 g/mol. The SMILES string of the molecule is CCC(N)C(=O)N[C@H](C(=O)O)[C@@H](C)CC. The maximum atomic E-state index is 11.4. The smallest absolute Gasteiger partial charge is 0.326 e. The van der Waals surface area contributed by atoms with Crippen LogP contribution in [0, 0.1) is 5.92 Å². The number of carbonyl (C=O) groups excluding carboxylic acids is 1. The Labute approximate surface area is 90.0 Å². The minimum Gasteiger partial charge on any atom is -0.480 e. The third-order valence-electron chi connectivity index (χ3n) is 2.55. The number of hydrogen-bond donors (Lipinski definition) is 3. The number of rotatable bonds is 6. The summed E-state index contributed by atoms with van der Waals surface area (Å²) in [5, 5.41) is 11.4. The van der Waals surface area contributed by atoms with Crippen LogP contribution in [0.3, 0.4) is 0 Å². The predicted octanol–water partition coefficient (Wildman–Crippen LogP) is 0.339. The van der Waals surface area contributed by atoms with Crippen molar-refractivity contribution in [3.8, 4) is 0 Å². The molecule has 0 aliphatic carbocycles. The number of carbonyl (C=O) groups is 2. The van der Waals surface area contributed by atoms with Crippen molar-refractivity contribution in [2.24, 2.45) is 11.7 Å². The van der Waals surface area contributed by atoms with Gasteiger partial charge in [0, 0.05) is 0 Å². The van der Waals surface area contributed by atoms with Crippen molar-refractivity contribution in [1.82, 2.24) is 5.32 Å². The second-order valence-electron chi connectivity index (χ2n) is 3.72. The van der Waals surface area contributed by atoms with Gasteiger partial charge in [0.15, 0.2) is 0 Å². The lowest BCUT2D eigenvalue weighted by Gasteiger charge is -2.21. The molecule has 0 heterocycles. The van der Waals surface area contributed by atoms with Gasteiger partial charge in [-0.05, 0) is 12.3 Å². The minimum atomic E-state index is -1.01. The van der Waals surface area contributed by atoms with Crippen LogP contribution >= 0.6 is 0 Å². The fraction of sp³-hybridized carbons (Fsp3) is 0.800. The molecule has 0 fully saturated rings. The highest BCUT2D eigenvalue weighted by Gasteiger charge is 2.26. The van der Waals surface area contributed by atoms with Crippen LogP contribution in [0.4, 0.5) is 0 Å². The highest BCUT2D eigenvalue weighted by Crippen LogP contribution is 2.08. The Hall–Kier alpha value is -1.10. The number of aliphatic carboxylic acids is 1. The third-order valence-corrected chi connectivity index (χ3v) is 2.55. The fourth-order valence-electron chi connectivity index (χ4n) is 1.13. The Morgan fingerprint density at radius 2 is 1.87 bits per heavy atom. The molecular formula is C10H20N2O3. The third kappa shape index (κ3) is 4.29. The average molecular weight is 216 g/mol. The van der Waals surface area contributed by atoms with Crippen LogP contribution in [-0.4, -0.2) is 29.1 Å². The van der Waals surface area contributed by atoms with Gasteiger partial charge in [0.1, 0.15) is 6.04 Å². The summed E-state index contributed by atoms with van der Waals surface area (Å²) in [7, 11) is 0. The van der Waals surface area contributed by atoms with Gasteiger partial charge in [-0.25, -0.2) is 4.79 Å². The van der Waals surface area contributed by atoms with Gasteiger partial charge in [-0.3, -0.25) is 4.79 Å². The van der Waals surface area contributed by atoms with Crippen molar-refractivity contribution in [3.63, 3.8) is 0 Å². The van der Waals surface area contributed by atoms with Gasteiger partial charge in [0.2, 0.25) is 5.91 Å². The zero-order valence-corrected chi connectivity index (χ0v) is 9.49. The highest BCUT2D eigenvalue weighted by molar-refractivity contribution is 5.86. The van der Waals surface area contributed by atoms with E-state index in [4.69, 9.17) is 10.8 Å². The molecule has 1 unspecified atom stereocenters. The summed E-state index contributed by atoms with van der Waals surface area (Å²) in [6.07, 6.45) is 1.19. The number of nitrogens with two attached hydrogens (primary N) is 1. The van der Waals surface area contributed by atoms with E-state index < -0.39 is 24.0 Å². The average Bonchev–Trinajstić information content (AvgIpc) is 2.22. The molecule has 0 aromatic carbocycles. The number of amides is 1. The van der Waals surface area contributed by atoms with Gasteiger partial charge in [0.25, 0.3) is 0 Å². The molecule has 0 aromatic rings. The topological polar surface area (TPSA) is 92.4 Å². The summed E-state index contributed by atoms with van der Waals surface area (Å²) in [5.74, 6) is -1.51. The normalized spacial score (nSPS) is 16.5. The molecule has 0 saturated heterocycles. The van der Waals surface area contributed by atoms with E-state index in [0.717, 1.165) is 0 Å².